The van der Waals surface area contributed by atoms with Crippen molar-refractivity contribution in [3.05, 3.63) is 23.8 Å². The molecule has 7 N–H and O–H groups in total. The van der Waals surface area contributed by atoms with Crippen LogP contribution in [0.3, 0.4) is 0 Å². The van der Waals surface area contributed by atoms with Crippen molar-refractivity contribution in [3.63, 3.8) is 0 Å². The van der Waals surface area contributed by atoms with Crippen molar-refractivity contribution in [3.8, 4) is 0 Å². The molecule has 0 saturated carbocycles. The number of unbranched alkanes of at least 4 members (excludes halogenated alkanes) is 18. The van der Waals surface area contributed by atoms with Crippen molar-refractivity contribution >= 4 is 5.91 Å². The summed E-state index contributed by atoms with van der Waals surface area (Å²) in [7, 11) is 0. The molecule has 1 amide bonds. The summed E-state index contributed by atoms with van der Waals surface area (Å²) < 4.78 is 11.1. The highest BCUT2D eigenvalue weighted by atomic mass is 16.7. The molecule has 0 unspecified atom stereocenters. The van der Waals surface area contributed by atoms with Gasteiger partial charge >= 0.3 is 0 Å². The van der Waals surface area contributed by atoms with E-state index in [0.717, 1.165) is 32.1 Å². The third kappa shape index (κ3) is 22.4. The fourth-order valence-electron chi connectivity index (χ4n) is 6.48. The largest absolute Gasteiger partial charge is 0.394 e. The Kier molecular flexibility index (Phi) is 29.0. The minimum atomic E-state index is -1.61. The molecule has 1 heterocycles. The van der Waals surface area contributed by atoms with Gasteiger partial charge in [0.2, 0.25) is 5.91 Å². The third-order valence-corrected chi connectivity index (χ3v) is 10.00. The monoisotopic (exact) mass is 728 g/mol. The summed E-state index contributed by atoms with van der Waals surface area (Å²) in [5, 5.41) is 64.5. The third-order valence-electron chi connectivity index (χ3n) is 10.00. The molecular formula is C41H77NO9. The first-order chi connectivity index (χ1) is 24.7. The molecule has 0 aromatic rings. The highest BCUT2D eigenvalue weighted by molar-refractivity contribution is 5.80. The van der Waals surface area contributed by atoms with Crippen LogP contribution < -0.4 is 5.32 Å². The molecule has 1 rings (SSSR count). The van der Waals surface area contributed by atoms with E-state index in [1.807, 2.05) is 6.08 Å². The second-order valence-corrected chi connectivity index (χ2v) is 14.8. The van der Waals surface area contributed by atoms with Crippen LogP contribution in [0, 0.1) is 0 Å². The van der Waals surface area contributed by atoms with Crippen LogP contribution in [0.1, 0.15) is 168 Å². The molecule has 0 aliphatic carbocycles. The molecular weight excluding hydrogens is 650 g/mol. The maximum Gasteiger partial charge on any atom is 0.249 e. The summed E-state index contributed by atoms with van der Waals surface area (Å²) in [5.41, 5.74) is 1.36. The van der Waals surface area contributed by atoms with Crippen molar-refractivity contribution in [1.82, 2.24) is 5.32 Å². The topological polar surface area (TPSA) is 169 Å². The molecule has 51 heavy (non-hydrogen) atoms. The Bertz CT molecular complexity index is 898. The van der Waals surface area contributed by atoms with Crippen LogP contribution in [0.5, 0.6) is 0 Å². The molecule has 1 fully saturated rings. The standard InChI is InChI=1S/C41H77NO9/c1-4-6-8-10-12-13-14-15-16-18-20-24-29-35(45)40(49)42-33(31-50-41-39(48)38(47)37(46)36(30-43)51-41)34(44)28-25-21-23-27-32(3)26-22-19-17-11-9-7-5-2/h25,27-28,33-39,41,43-48H,4-24,26,29-31H2,1-3H3,(H,42,49)/b28-25+,32-27+/t33-,34-,35+,36-,37-,38+,39-,41-/m1/s1. The van der Waals surface area contributed by atoms with E-state index in [9.17, 15) is 35.4 Å². The summed E-state index contributed by atoms with van der Waals surface area (Å²) in [6.45, 7) is 5.70. The predicted molar refractivity (Wildman–Crippen MR) is 204 cm³/mol. The second kappa shape index (κ2) is 31.0. The van der Waals surface area contributed by atoms with E-state index in [-0.39, 0.29) is 6.61 Å². The van der Waals surface area contributed by atoms with Crippen molar-refractivity contribution in [2.24, 2.45) is 0 Å². The first-order valence-corrected chi connectivity index (χ1v) is 20.6. The van der Waals surface area contributed by atoms with Crippen molar-refractivity contribution in [2.45, 2.75) is 217 Å². The lowest BCUT2D eigenvalue weighted by molar-refractivity contribution is -0.302. The molecule has 0 aromatic heterocycles. The maximum atomic E-state index is 13.0. The van der Waals surface area contributed by atoms with Gasteiger partial charge in [-0.3, -0.25) is 4.79 Å². The lowest BCUT2D eigenvalue weighted by Gasteiger charge is -2.40. The number of hydrogen-bond acceptors (Lipinski definition) is 9. The van der Waals surface area contributed by atoms with Gasteiger partial charge in [-0.05, 0) is 39.0 Å². The van der Waals surface area contributed by atoms with Crippen LogP contribution in [0.4, 0.5) is 0 Å². The fraction of sp³-hybridized carbons (Fsp3) is 0.878. The predicted octanol–water partition coefficient (Wildman–Crippen LogP) is 6.52. The normalized spacial score (nSPS) is 23.1. The molecule has 1 aliphatic rings. The molecule has 0 spiro atoms. The van der Waals surface area contributed by atoms with Gasteiger partial charge in [-0.15, -0.1) is 0 Å². The number of ether oxygens (including phenoxy) is 2. The van der Waals surface area contributed by atoms with Crippen molar-refractivity contribution < 1.29 is 44.9 Å². The van der Waals surface area contributed by atoms with Gasteiger partial charge in [0.25, 0.3) is 0 Å². The molecule has 0 bridgehead atoms. The van der Waals surface area contributed by atoms with Gasteiger partial charge in [0, 0.05) is 0 Å². The van der Waals surface area contributed by atoms with Crippen LogP contribution in [-0.2, 0) is 14.3 Å². The van der Waals surface area contributed by atoms with Gasteiger partial charge in [0.15, 0.2) is 6.29 Å². The quantitative estimate of drug-likeness (QED) is 0.0301. The summed E-state index contributed by atoms with van der Waals surface area (Å²) >= 11 is 0. The van der Waals surface area contributed by atoms with E-state index < -0.39 is 61.5 Å². The number of aliphatic hydroxyl groups is 6. The SMILES string of the molecule is CCCCCCCCCCCCCC[C@H](O)C(=O)N[C@H](CO[C@@H]1O[C@H](CO)[C@@H](O)[C@H](O)[C@H]1O)[C@H](O)/C=C/CC/C=C(\C)CCCCCCCCC. The number of allylic oxidation sites excluding steroid dienone is 3. The lowest BCUT2D eigenvalue weighted by Crippen LogP contribution is -2.60. The summed E-state index contributed by atoms with van der Waals surface area (Å²) in [4.78, 5) is 13.0. The van der Waals surface area contributed by atoms with Gasteiger partial charge < -0.3 is 45.4 Å². The summed E-state index contributed by atoms with van der Waals surface area (Å²) in [6.07, 6.45) is 22.0. The second-order valence-electron chi connectivity index (χ2n) is 14.8. The van der Waals surface area contributed by atoms with Crippen LogP contribution >= 0.6 is 0 Å². The van der Waals surface area contributed by atoms with E-state index in [2.05, 4.69) is 32.2 Å². The van der Waals surface area contributed by atoms with Gasteiger partial charge in [0.1, 0.15) is 30.5 Å². The summed E-state index contributed by atoms with van der Waals surface area (Å²) in [5.74, 6) is -0.628. The zero-order valence-electron chi connectivity index (χ0n) is 32.4. The lowest BCUT2D eigenvalue weighted by atomic mass is 9.99. The molecule has 1 saturated heterocycles. The highest BCUT2D eigenvalue weighted by Crippen LogP contribution is 2.22. The molecule has 10 nitrogen and oxygen atoms in total. The Morgan fingerprint density at radius 1 is 0.745 bits per heavy atom. The molecule has 8 atom stereocenters. The number of aliphatic hydroxyl groups excluding tert-OH is 6. The Hall–Kier alpha value is -1.37. The zero-order chi connectivity index (χ0) is 37.7. The average molecular weight is 728 g/mol. The molecule has 10 heteroatoms. The van der Waals surface area contributed by atoms with E-state index in [1.165, 1.54) is 102 Å². The van der Waals surface area contributed by atoms with Gasteiger partial charge in [0.05, 0.1) is 25.4 Å². The van der Waals surface area contributed by atoms with E-state index >= 15 is 0 Å². The van der Waals surface area contributed by atoms with Crippen molar-refractivity contribution in [1.29, 1.82) is 0 Å². The van der Waals surface area contributed by atoms with E-state index in [0.29, 0.717) is 19.3 Å². The first kappa shape index (κ1) is 47.7. The Morgan fingerprint density at radius 3 is 1.82 bits per heavy atom. The van der Waals surface area contributed by atoms with Crippen LogP contribution in [0.2, 0.25) is 0 Å². The Morgan fingerprint density at radius 2 is 1.27 bits per heavy atom. The molecule has 1 aliphatic heterocycles. The van der Waals surface area contributed by atoms with Crippen molar-refractivity contribution in [2.75, 3.05) is 13.2 Å². The highest BCUT2D eigenvalue weighted by Gasteiger charge is 2.44. The number of rotatable bonds is 32. The van der Waals surface area contributed by atoms with Gasteiger partial charge in [-0.1, -0.05) is 153 Å². The summed E-state index contributed by atoms with van der Waals surface area (Å²) in [6, 6.07) is -0.993. The van der Waals surface area contributed by atoms with Crippen LogP contribution in [0.25, 0.3) is 0 Å². The minimum absolute atomic E-state index is 0.306. The maximum absolute atomic E-state index is 13.0. The fourth-order valence-corrected chi connectivity index (χ4v) is 6.48. The Balaban J connectivity index is 2.59. The van der Waals surface area contributed by atoms with Gasteiger partial charge in [-0.2, -0.15) is 0 Å². The molecule has 0 radical (unpaired) electrons. The van der Waals surface area contributed by atoms with Crippen LogP contribution in [0.15, 0.2) is 23.8 Å². The number of hydrogen-bond donors (Lipinski definition) is 7. The van der Waals surface area contributed by atoms with Gasteiger partial charge in [-0.25, -0.2) is 0 Å². The molecule has 300 valence electrons. The first-order valence-electron chi connectivity index (χ1n) is 20.6. The number of amides is 1. The number of nitrogens with one attached hydrogen (secondary N) is 1. The average Bonchev–Trinajstić information content (AvgIpc) is 3.12. The van der Waals surface area contributed by atoms with Crippen LogP contribution in [-0.4, -0.2) is 98.7 Å². The molecule has 0 aromatic carbocycles. The minimum Gasteiger partial charge on any atom is -0.394 e. The number of carbonyl (C=O) groups excluding carboxylic acids is 1. The van der Waals surface area contributed by atoms with E-state index in [1.54, 1.807) is 6.08 Å². The number of carbonyl (C=O) groups is 1. The zero-order valence-corrected chi connectivity index (χ0v) is 32.4. The Labute approximate surface area is 310 Å². The van der Waals surface area contributed by atoms with E-state index in [4.69, 9.17) is 9.47 Å². The smallest absolute Gasteiger partial charge is 0.249 e.